The molecular weight excluding hydrogens is 358 g/mol. The molecule has 0 aliphatic heterocycles. The van der Waals surface area contributed by atoms with Crippen molar-refractivity contribution in [2.45, 2.75) is 39.5 Å². The number of nitrogens with two attached hydrogens (primary N) is 1. The number of fused-ring (bicyclic) bond motifs is 1. The van der Waals surface area contributed by atoms with Crippen LogP contribution in [0.1, 0.15) is 56.0 Å². The van der Waals surface area contributed by atoms with Gasteiger partial charge in [-0.2, -0.15) is 0 Å². The minimum Gasteiger partial charge on any atom is -0.452 e. The van der Waals surface area contributed by atoms with Gasteiger partial charge in [-0.25, -0.2) is 4.79 Å². The zero-order chi connectivity index (χ0) is 18.8. The lowest BCUT2D eigenvalue weighted by Gasteiger charge is -2.07. The maximum atomic E-state index is 12.2. The molecule has 2 amide bonds. The number of primary amides is 1. The van der Waals surface area contributed by atoms with E-state index in [-0.39, 0.29) is 5.56 Å². The molecule has 26 heavy (non-hydrogen) atoms. The molecule has 3 N–H and O–H groups in total. The van der Waals surface area contributed by atoms with Gasteiger partial charge in [0, 0.05) is 4.88 Å². The van der Waals surface area contributed by atoms with Crippen LogP contribution in [0.15, 0.2) is 4.52 Å². The van der Waals surface area contributed by atoms with Crippen LogP contribution in [0.2, 0.25) is 0 Å². The molecule has 0 unspecified atom stereocenters. The molecule has 8 nitrogen and oxygen atoms in total. The van der Waals surface area contributed by atoms with E-state index in [0.29, 0.717) is 28.4 Å². The van der Waals surface area contributed by atoms with Crippen molar-refractivity contribution in [3.8, 4) is 0 Å². The van der Waals surface area contributed by atoms with Gasteiger partial charge in [0.1, 0.15) is 16.3 Å². The first-order valence-electron chi connectivity index (χ1n) is 8.28. The zero-order valence-corrected chi connectivity index (χ0v) is 15.3. The SMILES string of the molecule is CCc1noc(C)c1C(=O)OCC(=O)Nc1sc2c(c1C(N)=O)CCC2. The molecular formula is C17H19N3O5S. The minimum atomic E-state index is -0.667. The largest absolute Gasteiger partial charge is 0.452 e. The Morgan fingerprint density at radius 1 is 1.31 bits per heavy atom. The van der Waals surface area contributed by atoms with Crippen LogP contribution in [0.3, 0.4) is 0 Å². The molecule has 1 aliphatic carbocycles. The van der Waals surface area contributed by atoms with Gasteiger partial charge >= 0.3 is 5.97 Å². The van der Waals surface area contributed by atoms with Gasteiger partial charge in [0.15, 0.2) is 6.61 Å². The van der Waals surface area contributed by atoms with Gasteiger partial charge in [0.05, 0.1) is 11.3 Å². The highest BCUT2D eigenvalue weighted by atomic mass is 32.1. The molecule has 0 saturated carbocycles. The van der Waals surface area contributed by atoms with E-state index in [1.165, 1.54) is 11.3 Å². The molecule has 0 atom stereocenters. The number of aromatic nitrogens is 1. The molecule has 9 heteroatoms. The molecule has 2 heterocycles. The highest BCUT2D eigenvalue weighted by molar-refractivity contribution is 7.17. The van der Waals surface area contributed by atoms with E-state index in [9.17, 15) is 14.4 Å². The molecule has 3 rings (SSSR count). The number of amides is 2. The fourth-order valence-electron chi connectivity index (χ4n) is 3.04. The Bertz CT molecular complexity index is 883. The van der Waals surface area contributed by atoms with Crippen LogP contribution in [0.4, 0.5) is 5.00 Å². The number of aryl methyl sites for hydroxylation is 3. The van der Waals surface area contributed by atoms with Gasteiger partial charge in [-0.1, -0.05) is 12.1 Å². The summed E-state index contributed by atoms with van der Waals surface area (Å²) in [6.07, 6.45) is 3.14. The number of esters is 1. The number of carbonyl (C=O) groups excluding carboxylic acids is 3. The van der Waals surface area contributed by atoms with Crippen LogP contribution in [-0.2, 0) is 28.8 Å². The summed E-state index contributed by atoms with van der Waals surface area (Å²) < 4.78 is 10.0. The third-order valence-corrected chi connectivity index (χ3v) is 5.43. The number of carbonyl (C=O) groups is 3. The Balaban J connectivity index is 1.66. The Hall–Kier alpha value is -2.68. The maximum Gasteiger partial charge on any atom is 0.344 e. The first-order chi connectivity index (χ1) is 12.4. The van der Waals surface area contributed by atoms with Crippen LogP contribution in [-0.4, -0.2) is 29.5 Å². The summed E-state index contributed by atoms with van der Waals surface area (Å²) in [5, 5.41) is 6.83. The van der Waals surface area contributed by atoms with Crippen molar-refractivity contribution in [2.75, 3.05) is 11.9 Å². The topological polar surface area (TPSA) is 125 Å². The van der Waals surface area contributed by atoms with Crippen molar-refractivity contribution in [1.82, 2.24) is 5.16 Å². The van der Waals surface area contributed by atoms with Gasteiger partial charge in [0.2, 0.25) is 0 Å². The highest BCUT2D eigenvalue weighted by Gasteiger charge is 2.27. The van der Waals surface area contributed by atoms with Crippen molar-refractivity contribution in [1.29, 1.82) is 0 Å². The molecule has 2 aromatic heterocycles. The Labute approximate surface area is 153 Å². The Kier molecular flexibility index (Phi) is 5.08. The Morgan fingerprint density at radius 2 is 2.08 bits per heavy atom. The summed E-state index contributed by atoms with van der Waals surface area (Å²) in [7, 11) is 0. The summed E-state index contributed by atoms with van der Waals surface area (Å²) in [4.78, 5) is 37.1. The molecule has 0 fully saturated rings. The number of hydrogen-bond acceptors (Lipinski definition) is 7. The quantitative estimate of drug-likeness (QED) is 0.742. The number of ether oxygens (including phenoxy) is 1. The van der Waals surface area contributed by atoms with Gasteiger partial charge in [0.25, 0.3) is 11.8 Å². The van der Waals surface area contributed by atoms with Gasteiger partial charge in [-0.3, -0.25) is 9.59 Å². The lowest BCUT2D eigenvalue weighted by atomic mass is 10.1. The second-order valence-corrected chi connectivity index (χ2v) is 7.07. The van der Waals surface area contributed by atoms with Crippen LogP contribution in [0.25, 0.3) is 0 Å². The zero-order valence-electron chi connectivity index (χ0n) is 14.5. The lowest BCUT2D eigenvalue weighted by Crippen LogP contribution is -2.23. The van der Waals surface area contributed by atoms with Gasteiger partial charge in [-0.05, 0) is 38.2 Å². The van der Waals surface area contributed by atoms with E-state index in [1.807, 2.05) is 6.92 Å². The molecule has 0 saturated heterocycles. The number of anilines is 1. The fourth-order valence-corrected chi connectivity index (χ4v) is 4.35. The maximum absolute atomic E-state index is 12.2. The summed E-state index contributed by atoms with van der Waals surface area (Å²) in [5.74, 6) is -1.42. The number of rotatable bonds is 6. The summed E-state index contributed by atoms with van der Waals surface area (Å²) in [5.41, 5.74) is 7.47. The van der Waals surface area contributed by atoms with Crippen molar-refractivity contribution >= 4 is 34.1 Å². The van der Waals surface area contributed by atoms with Crippen molar-refractivity contribution in [2.24, 2.45) is 5.73 Å². The summed E-state index contributed by atoms with van der Waals surface area (Å²) in [6, 6.07) is 0. The number of hydrogen-bond donors (Lipinski definition) is 2. The first-order valence-corrected chi connectivity index (χ1v) is 9.10. The smallest absolute Gasteiger partial charge is 0.344 e. The average Bonchev–Trinajstić information content (AvgIpc) is 3.26. The Morgan fingerprint density at radius 3 is 2.77 bits per heavy atom. The van der Waals surface area contributed by atoms with Crippen LogP contribution < -0.4 is 11.1 Å². The average molecular weight is 377 g/mol. The van der Waals surface area contributed by atoms with Crippen molar-refractivity contribution in [3.63, 3.8) is 0 Å². The molecule has 0 aromatic carbocycles. The predicted octanol–water partition coefficient (Wildman–Crippen LogP) is 1.99. The van der Waals surface area contributed by atoms with Gasteiger partial charge in [-0.15, -0.1) is 11.3 Å². The fraction of sp³-hybridized carbons (Fsp3) is 0.412. The molecule has 0 radical (unpaired) electrons. The molecule has 0 spiro atoms. The van der Waals surface area contributed by atoms with Crippen LogP contribution in [0.5, 0.6) is 0 Å². The van der Waals surface area contributed by atoms with Gasteiger partial charge < -0.3 is 20.3 Å². The molecule has 0 bridgehead atoms. The van der Waals surface area contributed by atoms with E-state index in [1.54, 1.807) is 6.92 Å². The number of thiophene rings is 1. The highest BCUT2D eigenvalue weighted by Crippen LogP contribution is 2.38. The first kappa shape index (κ1) is 18.1. The van der Waals surface area contributed by atoms with E-state index < -0.39 is 24.4 Å². The van der Waals surface area contributed by atoms with Crippen molar-refractivity contribution in [3.05, 3.63) is 33.0 Å². The minimum absolute atomic E-state index is 0.244. The third kappa shape index (κ3) is 3.34. The van der Waals surface area contributed by atoms with E-state index in [2.05, 4.69) is 10.5 Å². The standard InChI is InChI=1S/C17H19N3O5S/c1-3-10-13(8(2)25-20-10)17(23)24-7-12(21)19-16-14(15(18)22)9-5-4-6-11(9)26-16/h3-7H2,1-2H3,(H2,18,22)(H,19,21). The summed E-state index contributed by atoms with van der Waals surface area (Å²) >= 11 is 1.35. The molecule has 1 aliphatic rings. The number of nitrogens with one attached hydrogen (secondary N) is 1. The normalized spacial score (nSPS) is 12.7. The van der Waals surface area contributed by atoms with Crippen molar-refractivity contribution < 1.29 is 23.6 Å². The van der Waals surface area contributed by atoms with E-state index >= 15 is 0 Å². The van der Waals surface area contributed by atoms with E-state index in [4.69, 9.17) is 15.0 Å². The monoisotopic (exact) mass is 377 g/mol. The van der Waals surface area contributed by atoms with E-state index in [0.717, 1.165) is 29.7 Å². The second kappa shape index (κ2) is 7.28. The van der Waals surface area contributed by atoms with Crippen LogP contribution >= 0.6 is 11.3 Å². The number of nitrogens with zero attached hydrogens (tertiary/aromatic N) is 1. The predicted molar refractivity (Wildman–Crippen MR) is 94.4 cm³/mol. The molecule has 2 aromatic rings. The lowest BCUT2D eigenvalue weighted by molar-refractivity contribution is -0.119. The third-order valence-electron chi connectivity index (χ3n) is 4.23. The molecule has 138 valence electrons. The van der Waals surface area contributed by atoms with Crippen LogP contribution in [0, 0.1) is 6.92 Å². The summed E-state index contributed by atoms with van der Waals surface area (Å²) in [6.45, 7) is 2.96. The second-order valence-electron chi connectivity index (χ2n) is 5.96.